The first-order chi connectivity index (χ1) is 7.72. The van der Waals surface area contributed by atoms with Crippen molar-refractivity contribution in [1.82, 2.24) is 5.32 Å². The molecule has 1 aromatic carbocycles. The summed E-state index contributed by atoms with van der Waals surface area (Å²) in [5, 5.41) is 3.51. The lowest BCUT2D eigenvalue weighted by molar-refractivity contribution is -0.116. The molecule has 0 aromatic heterocycles. The lowest BCUT2D eigenvalue weighted by atomic mass is 10.2. The topological polar surface area (TPSA) is 29.1 Å². The fraction of sp³-hybridized carbons (Fsp3) is 0.308. The van der Waals surface area contributed by atoms with Gasteiger partial charge in [0.15, 0.2) is 0 Å². The van der Waals surface area contributed by atoms with Crippen molar-refractivity contribution in [3.63, 3.8) is 0 Å². The Bertz CT molecular complexity index is 357. The summed E-state index contributed by atoms with van der Waals surface area (Å²) in [6.07, 6.45) is 5.41. The van der Waals surface area contributed by atoms with Crippen LogP contribution in [-0.2, 0) is 4.79 Å². The fourth-order valence-corrected chi connectivity index (χ4v) is 1.32. The normalized spacial score (nSPS) is 10.6. The number of amides is 1. The van der Waals surface area contributed by atoms with E-state index in [1.54, 1.807) is 24.3 Å². The highest BCUT2D eigenvalue weighted by molar-refractivity contribution is 6.30. The smallest absolute Gasteiger partial charge is 0.243 e. The second-order valence-electron chi connectivity index (χ2n) is 3.53. The van der Waals surface area contributed by atoms with Crippen LogP contribution < -0.4 is 5.32 Å². The largest absolute Gasteiger partial charge is 0.353 e. The highest BCUT2D eigenvalue weighted by atomic mass is 35.5. The Balaban J connectivity index is 2.41. The molecule has 0 spiro atoms. The number of hydrogen-bond donors (Lipinski definition) is 1. The summed E-state index contributed by atoms with van der Waals surface area (Å²) in [6, 6.07) is 7.35. The van der Waals surface area contributed by atoms with Crippen LogP contribution in [0.1, 0.15) is 25.3 Å². The van der Waals surface area contributed by atoms with Crippen LogP contribution in [0.3, 0.4) is 0 Å². The van der Waals surface area contributed by atoms with E-state index >= 15 is 0 Å². The van der Waals surface area contributed by atoms with Crippen LogP contribution in [-0.4, -0.2) is 12.5 Å². The molecule has 2 nitrogen and oxygen atoms in total. The summed E-state index contributed by atoms with van der Waals surface area (Å²) in [6.45, 7) is 2.83. The van der Waals surface area contributed by atoms with Gasteiger partial charge in [-0.3, -0.25) is 4.79 Å². The zero-order chi connectivity index (χ0) is 11.8. The molecule has 0 atom stereocenters. The van der Waals surface area contributed by atoms with Gasteiger partial charge in [-0.2, -0.15) is 0 Å². The fourth-order valence-electron chi connectivity index (χ4n) is 1.19. The molecule has 1 amide bonds. The maximum atomic E-state index is 11.3. The van der Waals surface area contributed by atoms with Gasteiger partial charge in [-0.05, 0) is 30.2 Å². The Labute approximate surface area is 101 Å². The van der Waals surface area contributed by atoms with Gasteiger partial charge in [0.05, 0.1) is 0 Å². The average Bonchev–Trinajstić information content (AvgIpc) is 2.29. The highest BCUT2D eigenvalue weighted by Gasteiger charge is 1.93. The lowest BCUT2D eigenvalue weighted by Crippen LogP contribution is -2.21. The second kappa shape index (κ2) is 7.07. The third-order valence-corrected chi connectivity index (χ3v) is 2.38. The summed E-state index contributed by atoms with van der Waals surface area (Å²) in [5.74, 6) is -0.0524. The summed E-state index contributed by atoms with van der Waals surface area (Å²) >= 11 is 5.76. The van der Waals surface area contributed by atoms with Crippen LogP contribution in [0.25, 0.3) is 6.08 Å². The van der Waals surface area contributed by atoms with Crippen LogP contribution in [0.2, 0.25) is 5.02 Å². The SMILES string of the molecule is CCCCNC(=O)C=Cc1ccc(Cl)cc1. The number of unbranched alkanes of at least 4 members (excludes halogenated alkanes) is 1. The Kier molecular flexibility index (Phi) is 5.65. The van der Waals surface area contributed by atoms with Crippen LogP contribution in [0.15, 0.2) is 30.3 Å². The van der Waals surface area contributed by atoms with Gasteiger partial charge in [0, 0.05) is 17.6 Å². The number of benzene rings is 1. The van der Waals surface area contributed by atoms with Gasteiger partial charge in [0.1, 0.15) is 0 Å². The molecule has 0 heterocycles. The van der Waals surface area contributed by atoms with E-state index in [9.17, 15) is 4.79 Å². The predicted octanol–water partition coefficient (Wildman–Crippen LogP) is 3.27. The third-order valence-electron chi connectivity index (χ3n) is 2.13. The minimum Gasteiger partial charge on any atom is -0.353 e. The van der Waals surface area contributed by atoms with Gasteiger partial charge in [-0.1, -0.05) is 37.1 Å². The Morgan fingerprint density at radius 2 is 2.06 bits per heavy atom. The molecule has 0 saturated carbocycles. The number of carbonyl (C=O) groups is 1. The number of hydrogen-bond acceptors (Lipinski definition) is 1. The van der Waals surface area contributed by atoms with Crippen LogP contribution in [0.5, 0.6) is 0 Å². The van der Waals surface area contributed by atoms with Gasteiger partial charge in [-0.15, -0.1) is 0 Å². The van der Waals surface area contributed by atoms with E-state index in [1.807, 2.05) is 12.1 Å². The van der Waals surface area contributed by atoms with Crippen LogP contribution in [0.4, 0.5) is 0 Å². The molecule has 0 aliphatic heterocycles. The van der Waals surface area contributed by atoms with E-state index in [0.717, 1.165) is 24.9 Å². The van der Waals surface area contributed by atoms with Crippen molar-refractivity contribution in [2.45, 2.75) is 19.8 Å². The van der Waals surface area contributed by atoms with E-state index in [-0.39, 0.29) is 5.91 Å². The molecule has 0 fully saturated rings. The molecule has 86 valence electrons. The predicted molar refractivity (Wildman–Crippen MR) is 68.4 cm³/mol. The van der Waals surface area contributed by atoms with Crippen molar-refractivity contribution in [2.75, 3.05) is 6.54 Å². The number of rotatable bonds is 5. The lowest BCUT2D eigenvalue weighted by Gasteiger charge is -1.99. The zero-order valence-electron chi connectivity index (χ0n) is 9.37. The summed E-state index contributed by atoms with van der Waals surface area (Å²) in [7, 11) is 0. The maximum absolute atomic E-state index is 11.3. The van der Waals surface area contributed by atoms with Crippen molar-refractivity contribution in [3.8, 4) is 0 Å². The number of halogens is 1. The van der Waals surface area contributed by atoms with Crippen molar-refractivity contribution in [2.24, 2.45) is 0 Å². The first-order valence-corrected chi connectivity index (χ1v) is 5.81. The number of carbonyl (C=O) groups excluding carboxylic acids is 1. The minimum atomic E-state index is -0.0524. The van der Waals surface area contributed by atoms with Crippen molar-refractivity contribution in [1.29, 1.82) is 0 Å². The van der Waals surface area contributed by atoms with Gasteiger partial charge in [-0.25, -0.2) is 0 Å². The Hall–Kier alpha value is -1.28. The first kappa shape index (κ1) is 12.8. The summed E-state index contributed by atoms with van der Waals surface area (Å²) in [5.41, 5.74) is 0.968. The molecule has 1 rings (SSSR count). The van der Waals surface area contributed by atoms with E-state index in [4.69, 9.17) is 11.6 Å². The second-order valence-corrected chi connectivity index (χ2v) is 3.97. The maximum Gasteiger partial charge on any atom is 0.243 e. The molecule has 0 unspecified atom stereocenters. The van der Waals surface area contributed by atoms with E-state index in [1.165, 1.54) is 0 Å². The van der Waals surface area contributed by atoms with Crippen molar-refractivity contribution < 1.29 is 4.79 Å². The van der Waals surface area contributed by atoms with Crippen LogP contribution >= 0.6 is 11.6 Å². The third kappa shape index (κ3) is 4.99. The molecule has 0 bridgehead atoms. The molecular formula is C13H16ClNO. The van der Waals surface area contributed by atoms with Gasteiger partial charge < -0.3 is 5.32 Å². The van der Waals surface area contributed by atoms with Gasteiger partial charge in [0.2, 0.25) is 5.91 Å². The van der Waals surface area contributed by atoms with E-state index < -0.39 is 0 Å². The highest BCUT2D eigenvalue weighted by Crippen LogP contribution is 2.10. The Morgan fingerprint density at radius 1 is 1.38 bits per heavy atom. The van der Waals surface area contributed by atoms with Crippen LogP contribution in [0, 0.1) is 0 Å². The Morgan fingerprint density at radius 3 is 2.69 bits per heavy atom. The molecule has 1 aromatic rings. The molecule has 3 heteroatoms. The molecule has 0 saturated heterocycles. The monoisotopic (exact) mass is 237 g/mol. The summed E-state index contributed by atoms with van der Waals surface area (Å²) in [4.78, 5) is 11.3. The van der Waals surface area contributed by atoms with E-state index in [0.29, 0.717) is 5.02 Å². The van der Waals surface area contributed by atoms with Gasteiger partial charge >= 0.3 is 0 Å². The quantitative estimate of drug-likeness (QED) is 0.618. The minimum absolute atomic E-state index is 0.0524. The first-order valence-electron chi connectivity index (χ1n) is 5.44. The molecule has 0 aliphatic rings. The van der Waals surface area contributed by atoms with Gasteiger partial charge in [0.25, 0.3) is 0 Å². The molecule has 0 aliphatic carbocycles. The number of nitrogens with one attached hydrogen (secondary N) is 1. The van der Waals surface area contributed by atoms with Crippen molar-refractivity contribution >= 4 is 23.6 Å². The van der Waals surface area contributed by atoms with E-state index in [2.05, 4.69) is 12.2 Å². The molecular weight excluding hydrogens is 222 g/mol. The van der Waals surface area contributed by atoms with Crippen molar-refractivity contribution in [3.05, 3.63) is 40.9 Å². The zero-order valence-corrected chi connectivity index (χ0v) is 10.1. The molecule has 16 heavy (non-hydrogen) atoms. The standard InChI is InChI=1S/C13H16ClNO/c1-2-3-10-15-13(16)9-6-11-4-7-12(14)8-5-11/h4-9H,2-3,10H2,1H3,(H,15,16). The average molecular weight is 238 g/mol. The summed E-state index contributed by atoms with van der Waals surface area (Å²) < 4.78 is 0. The molecule has 0 radical (unpaired) electrons. The molecule has 1 N–H and O–H groups in total.